The fraction of sp³-hybridized carbons (Fsp3) is 0.526. The van der Waals surface area contributed by atoms with Gasteiger partial charge < -0.3 is 20.9 Å². The van der Waals surface area contributed by atoms with Crippen LogP contribution in [0.3, 0.4) is 0 Å². The molecule has 26 heavy (non-hydrogen) atoms. The van der Waals surface area contributed by atoms with E-state index in [0.717, 1.165) is 24.9 Å². The van der Waals surface area contributed by atoms with Gasteiger partial charge in [0.1, 0.15) is 0 Å². The maximum absolute atomic E-state index is 11.9. The zero-order chi connectivity index (χ0) is 18.9. The van der Waals surface area contributed by atoms with Crippen LogP contribution in [0.4, 0.5) is 0 Å². The second-order valence-corrected chi connectivity index (χ2v) is 6.58. The zero-order valence-corrected chi connectivity index (χ0v) is 15.8. The van der Waals surface area contributed by atoms with Gasteiger partial charge in [0, 0.05) is 45.2 Å². The summed E-state index contributed by atoms with van der Waals surface area (Å²) in [5, 5.41) is 9.32. The third-order valence-electron chi connectivity index (χ3n) is 4.04. The molecule has 142 valence electrons. The van der Waals surface area contributed by atoms with E-state index < -0.39 is 0 Å². The van der Waals surface area contributed by atoms with Gasteiger partial charge in [-0.25, -0.2) is 4.99 Å². The third-order valence-corrected chi connectivity index (χ3v) is 4.04. The Morgan fingerprint density at radius 3 is 2.31 bits per heavy atom. The van der Waals surface area contributed by atoms with Crippen molar-refractivity contribution >= 4 is 17.8 Å². The molecule has 0 unspecified atom stereocenters. The number of carbonyl (C=O) groups excluding carboxylic acids is 2. The van der Waals surface area contributed by atoms with E-state index in [4.69, 9.17) is 0 Å². The van der Waals surface area contributed by atoms with Crippen molar-refractivity contribution < 1.29 is 9.59 Å². The van der Waals surface area contributed by atoms with Crippen LogP contribution in [-0.4, -0.2) is 56.4 Å². The molecule has 0 aromatic heterocycles. The number of nitrogens with zero attached hydrogens (tertiary/aromatic N) is 2. The molecule has 2 rings (SSSR count). The minimum Gasteiger partial charge on any atom is -0.357 e. The summed E-state index contributed by atoms with van der Waals surface area (Å²) in [6, 6.07) is 7.47. The van der Waals surface area contributed by atoms with E-state index >= 15 is 0 Å². The van der Waals surface area contributed by atoms with Crippen LogP contribution >= 0.6 is 0 Å². The average Bonchev–Trinajstić information content (AvgIpc) is 3.48. The van der Waals surface area contributed by atoms with Crippen LogP contribution in [0.25, 0.3) is 0 Å². The molecule has 7 nitrogen and oxygen atoms in total. The zero-order valence-electron chi connectivity index (χ0n) is 15.8. The molecule has 1 aromatic rings. The van der Waals surface area contributed by atoms with Gasteiger partial charge in [0.15, 0.2) is 5.96 Å². The monoisotopic (exact) mass is 359 g/mol. The summed E-state index contributed by atoms with van der Waals surface area (Å²) in [7, 11) is 3.48. The van der Waals surface area contributed by atoms with Gasteiger partial charge in [-0.1, -0.05) is 12.1 Å². The maximum Gasteiger partial charge on any atom is 0.253 e. The maximum atomic E-state index is 11.9. The fourth-order valence-corrected chi connectivity index (χ4v) is 2.38. The van der Waals surface area contributed by atoms with E-state index in [-0.39, 0.29) is 17.7 Å². The molecule has 7 heteroatoms. The Bertz CT molecular complexity index is 636. The molecule has 0 aliphatic heterocycles. The number of amides is 2. The van der Waals surface area contributed by atoms with Gasteiger partial charge >= 0.3 is 0 Å². The number of hydrogen-bond donors (Lipinski definition) is 3. The van der Waals surface area contributed by atoms with Crippen molar-refractivity contribution in [3.05, 3.63) is 35.4 Å². The van der Waals surface area contributed by atoms with Crippen LogP contribution in [0.1, 0.15) is 35.7 Å². The summed E-state index contributed by atoms with van der Waals surface area (Å²) in [4.78, 5) is 29.6. The van der Waals surface area contributed by atoms with E-state index in [1.54, 1.807) is 19.0 Å². The fourth-order valence-electron chi connectivity index (χ4n) is 2.38. The van der Waals surface area contributed by atoms with Crippen molar-refractivity contribution in [2.45, 2.75) is 26.3 Å². The highest BCUT2D eigenvalue weighted by molar-refractivity contribution is 5.93. The summed E-state index contributed by atoms with van der Waals surface area (Å²) in [5.74, 6) is 1.09. The highest BCUT2D eigenvalue weighted by atomic mass is 16.2. The van der Waals surface area contributed by atoms with E-state index in [1.807, 2.05) is 31.2 Å². The van der Waals surface area contributed by atoms with E-state index in [2.05, 4.69) is 20.9 Å². The first kappa shape index (κ1) is 19.8. The lowest BCUT2D eigenvalue weighted by molar-refractivity contribution is -0.122. The number of guanidine groups is 1. The Kier molecular flexibility index (Phi) is 7.44. The predicted molar refractivity (Wildman–Crippen MR) is 103 cm³/mol. The number of aliphatic imine (C=N–C) groups is 1. The molecule has 1 aliphatic carbocycles. The van der Waals surface area contributed by atoms with Crippen LogP contribution in [0, 0.1) is 5.92 Å². The normalized spacial score (nSPS) is 13.9. The molecule has 0 spiro atoms. The summed E-state index contributed by atoms with van der Waals surface area (Å²) in [6.45, 7) is 4.49. The highest BCUT2D eigenvalue weighted by Gasteiger charge is 2.28. The highest BCUT2D eigenvalue weighted by Crippen LogP contribution is 2.28. The first-order valence-corrected chi connectivity index (χ1v) is 9.11. The summed E-state index contributed by atoms with van der Waals surface area (Å²) >= 11 is 0. The Morgan fingerprint density at radius 1 is 1.08 bits per heavy atom. The van der Waals surface area contributed by atoms with Gasteiger partial charge in [-0.3, -0.25) is 9.59 Å². The van der Waals surface area contributed by atoms with Crippen LogP contribution in [0.5, 0.6) is 0 Å². The van der Waals surface area contributed by atoms with Crippen LogP contribution in [0.2, 0.25) is 0 Å². The largest absolute Gasteiger partial charge is 0.357 e. The van der Waals surface area contributed by atoms with Gasteiger partial charge in [0.05, 0.1) is 6.54 Å². The Balaban J connectivity index is 1.81. The molecule has 3 N–H and O–H groups in total. The van der Waals surface area contributed by atoms with Gasteiger partial charge in [-0.05, 0) is 37.5 Å². The molecule has 0 radical (unpaired) electrons. The molecule has 1 fully saturated rings. The number of nitrogens with one attached hydrogen (secondary N) is 3. The topological polar surface area (TPSA) is 85.8 Å². The molecule has 1 aliphatic rings. The smallest absolute Gasteiger partial charge is 0.253 e. The average molecular weight is 359 g/mol. The number of benzene rings is 1. The van der Waals surface area contributed by atoms with Crippen LogP contribution in [0.15, 0.2) is 29.3 Å². The van der Waals surface area contributed by atoms with E-state index in [9.17, 15) is 9.59 Å². The lowest BCUT2D eigenvalue weighted by Gasteiger charge is -2.12. The van der Waals surface area contributed by atoms with E-state index in [0.29, 0.717) is 31.2 Å². The van der Waals surface area contributed by atoms with E-state index in [1.165, 1.54) is 0 Å². The molecule has 0 bridgehead atoms. The minimum absolute atomic E-state index is 0.0108. The van der Waals surface area contributed by atoms with Gasteiger partial charge in [0.2, 0.25) is 5.91 Å². The summed E-state index contributed by atoms with van der Waals surface area (Å²) in [5.41, 5.74) is 1.69. The third kappa shape index (κ3) is 6.38. The standard InChI is InChI=1S/C19H29N5O2/c1-4-20-19(22-12-11-21-17(25)15-9-10-15)23-13-14-5-7-16(8-6-14)18(26)24(2)3/h5-8,15H,4,9-13H2,1-3H3,(H,21,25)(H2,20,22,23). The predicted octanol–water partition coefficient (Wildman–Crippen LogP) is 0.970. The van der Waals surface area contributed by atoms with Crippen LogP contribution in [-0.2, 0) is 11.3 Å². The van der Waals surface area contributed by atoms with Crippen LogP contribution < -0.4 is 16.0 Å². The molecule has 0 atom stereocenters. The Labute approximate surface area is 155 Å². The lowest BCUT2D eigenvalue weighted by Crippen LogP contribution is -2.41. The second kappa shape index (κ2) is 9.79. The molecule has 1 aromatic carbocycles. The molecule has 2 amide bonds. The Hall–Kier alpha value is -2.57. The molecular formula is C19H29N5O2. The lowest BCUT2D eigenvalue weighted by atomic mass is 10.1. The first-order valence-electron chi connectivity index (χ1n) is 9.11. The van der Waals surface area contributed by atoms with Gasteiger partial charge in [-0.2, -0.15) is 0 Å². The molecular weight excluding hydrogens is 330 g/mol. The number of rotatable bonds is 8. The molecule has 0 heterocycles. The van der Waals surface area contributed by atoms with Crippen molar-refractivity contribution in [2.24, 2.45) is 10.9 Å². The van der Waals surface area contributed by atoms with Crippen molar-refractivity contribution in [3.63, 3.8) is 0 Å². The summed E-state index contributed by atoms with van der Waals surface area (Å²) in [6.07, 6.45) is 2.03. The Morgan fingerprint density at radius 2 is 1.73 bits per heavy atom. The summed E-state index contributed by atoms with van der Waals surface area (Å²) < 4.78 is 0. The molecule has 0 saturated heterocycles. The van der Waals surface area contributed by atoms with Crippen molar-refractivity contribution in [2.75, 3.05) is 33.7 Å². The number of carbonyl (C=O) groups is 2. The van der Waals surface area contributed by atoms with Gasteiger partial charge in [-0.15, -0.1) is 0 Å². The van der Waals surface area contributed by atoms with Crippen molar-refractivity contribution in [1.29, 1.82) is 0 Å². The quantitative estimate of drug-likeness (QED) is 0.367. The SMILES string of the molecule is CCNC(=NCc1ccc(C(=O)N(C)C)cc1)NCCNC(=O)C1CC1. The second-order valence-electron chi connectivity index (χ2n) is 6.58. The molecule has 1 saturated carbocycles. The van der Waals surface area contributed by atoms with Crippen molar-refractivity contribution in [3.8, 4) is 0 Å². The number of hydrogen-bond acceptors (Lipinski definition) is 3. The van der Waals surface area contributed by atoms with Crippen molar-refractivity contribution in [1.82, 2.24) is 20.9 Å². The minimum atomic E-state index is -0.0108. The first-order chi connectivity index (χ1) is 12.5. The van der Waals surface area contributed by atoms with Gasteiger partial charge in [0.25, 0.3) is 5.91 Å².